The highest BCUT2D eigenvalue weighted by Gasteiger charge is 2.12. The molecule has 1 heterocycles. The molecule has 1 aliphatic heterocycles. The lowest BCUT2D eigenvalue weighted by Gasteiger charge is -2.22. The number of urea groups is 1. The third-order valence-corrected chi connectivity index (χ3v) is 3.28. The highest BCUT2D eigenvalue weighted by molar-refractivity contribution is 5.89. The summed E-state index contributed by atoms with van der Waals surface area (Å²) in [5.74, 6) is 0. The Morgan fingerprint density at radius 3 is 2.75 bits per heavy atom. The summed E-state index contributed by atoms with van der Waals surface area (Å²) in [6.07, 6.45) is 3.39. The number of ether oxygens (including phenoxy) is 1. The molecule has 0 aliphatic carbocycles. The van der Waals surface area contributed by atoms with Crippen LogP contribution in [0.4, 0.5) is 10.5 Å². The van der Waals surface area contributed by atoms with E-state index in [4.69, 9.17) is 4.74 Å². The minimum absolute atomic E-state index is 0.168. The molecule has 2 amide bonds. The van der Waals surface area contributed by atoms with Gasteiger partial charge in [0.1, 0.15) is 0 Å². The third kappa shape index (κ3) is 5.59. The van der Waals surface area contributed by atoms with E-state index in [0.717, 1.165) is 38.0 Å². The van der Waals surface area contributed by atoms with E-state index < -0.39 is 0 Å². The molecule has 20 heavy (non-hydrogen) atoms. The van der Waals surface area contributed by atoms with Crippen LogP contribution in [0, 0.1) is 0 Å². The van der Waals surface area contributed by atoms with Crippen molar-refractivity contribution in [3.8, 4) is 0 Å². The number of carbonyl (C=O) groups excluding carboxylic acids is 1. The van der Waals surface area contributed by atoms with Crippen LogP contribution < -0.4 is 16.0 Å². The SMILES string of the molecule is O=C(NCCCOC1CCNCC1)Nc1ccccc1. The van der Waals surface area contributed by atoms with Crippen LogP contribution in [-0.4, -0.2) is 38.4 Å². The zero-order valence-electron chi connectivity index (χ0n) is 11.7. The summed E-state index contributed by atoms with van der Waals surface area (Å²) >= 11 is 0. The van der Waals surface area contributed by atoms with Crippen molar-refractivity contribution in [3.05, 3.63) is 30.3 Å². The molecule has 0 bridgehead atoms. The molecule has 1 saturated heterocycles. The fourth-order valence-corrected chi connectivity index (χ4v) is 2.18. The first-order valence-electron chi connectivity index (χ1n) is 7.27. The standard InChI is InChI=1S/C15H23N3O2/c19-15(18-13-5-2-1-3-6-13)17-9-4-12-20-14-7-10-16-11-8-14/h1-3,5-6,14,16H,4,7-12H2,(H2,17,18,19). The van der Waals surface area contributed by atoms with E-state index in [2.05, 4.69) is 16.0 Å². The number of carbonyl (C=O) groups is 1. The number of benzene rings is 1. The number of hydrogen-bond donors (Lipinski definition) is 3. The molecule has 1 fully saturated rings. The molecule has 5 nitrogen and oxygen atoms in total. The van der Waals surface area contributed by atoms with Gasteiger partial charge in [0.15, 0.2) is 0 Å². The van der Waals surface area contributed by atoms with Gasteiger partial charge < -0.3 is 20.7 Å². The molecule has 5 heteroatoms. The van der Waals surface area contributed by atoms with E-state index in [0.29, 0.717) is 19.3 Å². The molecule has 0 aromatic heterocycles. The van der Waals surface area contributed by atoms with Crippen molar-refractivity contribution in [2.24, 2.45) is 0 Å². The summed E-state index contributed by atoms with van der Waals surface area (Å²) in [4.78, 5) is 11.6. The summed E-state index contributed by atoms with van der Waals surface area (Å²) in [7, 11) is 0. The van der Waals surface area contributed by atoms with Gasteiger partial charge >= 0.3 is 6.03 Å². The van der Waals surface area contributed by atoms with E-state index in [-0.39, 0.29) is 6.03 Å². The van der Waals surface area contributed by atoms with Gasteiger partial charge in [-0.05, 0) is 44.5 Å². The quantitative estimate of drug-likeness (QED) is 0.697. The number of nitrogens with one attached hydrogen (secondary N) is 3. The number of hydrogen-bond acceptors (Lipinski definition) is 3. The monoisotopic (exact) mass is 277 g/mol. The maximum Gasteiger partial charge on any atom is 0.319 e. The lowest BCUT2D eigenvalue weighted by molar-refractivity contribution is 0.0321. The molecule has 1 aromatic rings. The fourth-order valence-electron chi connectivity index (χ4n) is 2.18. The van der Waals surface area contributed by atoms with Crippen molar-refractivity contribution in [1.82, 2.24) is 10.6 Å². The Bertz CT molecular complexity index is 391. The van der Waals surface area contributed by atoms with Crippen LogP contribution in [0.2, 0.25) is 0 Å². The normalized spacial score (nSPS) is 15.8. The van der Waals surface area contributed by atoms with Gasteiger partial charge in [-0.25, -0.2) is 4.79 Å². The molecule has 0 unspecified atom stereocenters. The summed E-state index contributed by atoms with van der Waals surface area (Å²) in [6, 6.07) is 9.25. The second-order valence-corrected chi connectivity index (χ2v) is 4.92. The highest BCUT2D eigenvalue weighted by Crippen LogP contribution is 2.07. The van der Waals surface area contributed by atoms with Gasteiger partial charge in [-0.3, -0.25) is 0 Å². The van der Waals surface area contributed by atoms with E-state index >= 15 is 0 Å². The zero-order valence-corrected chi connectivity index (χ0v) is 11.7. The Morgan fingerprint density at radius 2 is 2.00 bits per heavy atom. The molecule has 110 valence electrons. The van der Waals surface area contributed by atoms with Gasteiger partial charge in [-0.1, -0.05) is 18.2 Å². The van der Waals surface area contributed by atoms with Crippen molar-refractivity contribution < 1.29 is 9.53 Å². The molecule has 0 atom stereocenters. The van der Waals surface area contributed by atoms with Crippen molar-refractivity contribution in [3.63, 3.8) is 0 Å². The van der Waals surface area contributed by atoms with Crippen LogP contribution in [0.15, 0.2) is 30.3 Å². The van der Waals surface area contributed by atoms with Crippen molar-refractivity contribution in [1.29, 1.82) is 0 Å². The first-order valence-corrected chi connectivity index (χ1v) is 7.27. The number of anilines is 1. The van der Waals surface area contributed by atoms with E-state index in [1.807, 2.05) is 30.3 Å². The Morgan fingerprint density at radius 1 is 1.25 bits per heavy atom. The van der Waals surface area contributed by atoms with E-state index in [9.17, 15) is 4.79 Å². The van der Waals surface area contributed by atoms with Crippen LogP contribution in [0.3, 0.4) is 0 Å². The average Bonchev–Trinajstić information content (AvgIpc) is 2.49. The molecule has 3 N–H and O–H groups in total. The summed E-state index contributed by atoms with van der Waals surface area (Å²) < 4.78 is 5.77. The second kappa shape index (κ2) is 8.55. The number of para-hydroxylation sites is 1. The van der Waals surface area contributed by atoms with Gasteiger partial charge in [-0.2, -0.15) is 0 Å². The topological polar surface area (TPSA) is 62.4 Å². The van der Waals surface area contributed by atoms with E-state index in [1.54, 1.807) is 0 Å². The Labute approximate surface area is 120 Å². The lowest BCUT2D eigenvalue weighted by atomic mass is 10.1. The zero-order chi connectivity index (χ0) is 14.0. The predicted octanol–water partition coefficient (Wildman–Crippen LogP) is 1.97. The van der Waals surface area contributed by atoms with Crippen LogP contribution in [-0.2, 0) is 4.74 Å². The Balaban J connectivity index is 1.51. The maximum atomic E-state index is 11.6. The number of piperidine rings is 1. The third-order valence-electron chi connectivity index (χ3n) is 3.28. The maximum absolute atomic E-state index is 11.6. The van der Waals surface area contributed by atoms with Crippen LogP contribution in [0.5, 0.6) is 0 Å². The van der Waals surface area contributed by atoms with Gasteiger partial charge in [0.05, 0.1) is 6.10 Å². The summed E-state index contributed by atoms with van der Waals surface area (Å²) in [6.45, 7) is 3.42. The molecular weight excluding hydrogens is 254 g/mol. The Hall–Kier alpha value is -1.59. The molecule has 1 aliphatic rings. The number of amides is 2. The molecule has 1 aromatic carbocycles. The predicted molar refractivity (Wildman–Crippen MR) is 79.9 cm³/mol. The smallest absolute Gasteiger partial charge is 0.319 e. The number of rotatable bonds is 6. The fraction of sp³-hybridized carbons (Fsp3) is 0.533. The van der Waals surface area contributed by atoms with Gasteiger partial charge in [-0.15, -0.1) is 0 Å². The van der Waals surface area contributed by atoms with Crippen molar-refractivity contribution in [2.45, 2.75) is 25.4 Å². The lowest BCUT2D eigenvalue weighted by Crippen LogP contribution is -2.33. The highest BCUT2D eigenvalue weighted by atomic mass is 16.5. The van der Waals surface area contributed by atoms with Crippen LogP contribution in [0.1, 0.15) is 19.3 Å². The molecule has 0 radical (unpaired) electrons. The minimum atomic E-state index is -0.168. The van der Waals surface area contributed by atoms with Crippen LogP contribution >= 0.6 is 0 Å². The average molecular weight is 277 g/mol. The summed E-state index contributed by atoms with van der Waals surface area (Å²) in [5.41, 5.74) is 0.802. The molecular formula is C15H23N3O2. The first kappa shape index (κ1) is 14.8. The molecule has 0 saturated carbocycles. The first-order chi connectivity index (χ1) is 9.84. The van der Waals surface area contributed by atoms with Gasteiger partial charge in [0.2, 0.25) is 0 Å². The van der Waals surface area contributed by atoms with Gasteiger partial charge in [0.25, 0.3) is 0 Å². The van der Waals surface area contributed by atoms with Crippen molar-refractivity contribution >= 4 is 11.7 Å². The van der Waals surface area contributed by atoms with Crippen molar-refractivity contribution in [2.75, 3.05) is 31.6 Å². The molecule has 2 rings (SSSR count). The largest absolute Gasteiger partial charge is 0.378 e. The Kier molecular flexibility index (Phi) is 6.34. The van der Waals surface area contributed by atoms with Crippen LogP contribution in [0.25, 0.3) is 0 Å². The molecule has 0 spiro atoms. The van der Waals surface area contributed by atoms with Gasteiger partial charge in [0, 0.05) is 18.8 Å². The minimum Gasteiger partial charge on any atom is -0.378 e. The second-order valence-electron chi connectivity index (χ2n) is 4.92. The summed E-state index contributed by atoms with van der Waals surface area (Å²) in [5, 5.41) is 8.92. The van der Waals surface area contributed by atoms with E-state index in [1.165, 1.54) is 0 Å².